The van der Waals surface area contributed by atoms with E-state index in [-0.39, 0.29) is 5.78 Å². The zero-order valence-corrected chi connectivity index (χ0v) is 11.8. The second-order valence-electron chi connectivity index (χ2n) is 4.37. The number of aromatic nitrogens is 3. The molecule has 0 amide bonds. The lowest BCUT2D eigenvalue weighted by Gasteiger charge is -1.99. The summed E-state index contributed by atoms with van der Waals surface area (Å²) in [4.78, 5) is 15.8. The monoisotopic (exact) mass is 277 g/mol. The van der Waals surface area contributed by atoms with E-state index in [1.807, 2.05) is 38.2 Å². The predicted molar refractivity (Wildman–Crippen MR) is 75.1 cm³/mol. The minimum atomic E-state index is 0.237. The molecular formula is C14H16ClN3O. The Morgan fingerprint density at radius 1 is 1.32 bits per heavy atom. The number of halogens is 1. The van der Waals surface area contributed by atoms with Gasteiger partial charge in [0.1, 0.15) is 5.78 Å². The highest BCUT2D eigenvalue weighted by molar-refractivity contribution is 6.30. The Balaban J connectivity index is 2.16. The summed E-state index contributed by atoms with van der Waals surface area (Å²) in [6.45, 7) is 1.87. The molecule has 0 saturated carbocycles. The van der Waals surface area contributed by atoms with Crippen LogP contribution in [-0.2, 0) is 18.3 Å². The Bertz CT molecular complexity index is 575. The average Bonchev–Trinajstić information content (AvgIpc) is 2.78. The van der Waals surface area contributed by atoms with E-state index in [4.69, 9.17) is 11.6 Å². The molecule has 0 atom stereocenters. The van der Waals surface area contributed by atoms with Crippen LogP contribution < -0.4 is 0 Å². The zero-order valence-electron chi connectivity index (χ0n) is 11.1. The highest BCUT2D eigenvalue weighted by Crippen LogP contribution is 2.19. The number of hydrogen-bond donors (Lipinski definition) is 0. The van der Waals surface area contributed by atoms with Crippen LogP contribution in [0.15, 0.2) is 24.3 Å². The maximum absolute atomic E-state index is 11.3. The van der Waals surface area contributed by atoms with E-state index >= 15 is 0 Å². The summed E-state index contributed by atoms with van der Waals surface area (Å²) in [5, 5.41) is 5.03. The number of carbonyl (C=O) groups excluding carboxylic acids is 1. The molecule has 0 saturated heterocycles. The second-order valence-corrected chi connectivity index (χ2v) is 4.81. The highest BCUT2D eigenvalue weighted by Gasteiger charge is 2.10. The standard InChI is InChI=1S/C14H16ClN3O/c1-3-12(19)8-9-13-16-14(18(2)17-13)10-4-6-11(15)7-5-10/h4-7H,3,8-9H2,1-2H3. The molecule has 0 bridgehead atoms. The average molecular weight is 278 g/mol. The summed E-state index contributed by atoms with van der Waals surface area (Å²) in [7, 11) is 1.85. The van der Waals surface area contributed by atoms with Gasteiger partial charge in [0.05, 0.1) is 0 Å². The van der Waals surface area contributed by atoms with Crippen LogP contribution >= 0.6 is 11.6 Å². The Morgan fingerprint density at radius 3 is 2.63 bits per heavy atom. The molecule has 0 aliphatic heterocycles. The van der Waals surface area contributed by atoms with Gasteiger partial charge in [0, 0.05) is 36.9 Å². The van der Waals surface area contributed by atoms with Crippen molar-refractivity contribution in [3.63, 3.8) is 0 Å². The summed E-state index contributed by atoms with van der Waals surface area (Å²) in [5.41, 5.74) is 0.965. The molecule has 1 aromatic heterocycles. The fraction of sp³-hybridized carbons (Fsp3) is 0.357. The minimum absolute atomic E-state index is 0.237. The molecule has 0 aliphatic carbocycles. The van der Waals surface area contributed by atoms with Crippen molar-refractivity contribution >= 4 is 17.4 Å². The van der Waals surface area contributed by atoms with E-state index in [1.165, 1.54) is 0 Å². The third kappa shape index (κ3) is 3.41. The van der Waals surface area contributed by atoms with Gasteiger partial charge in [-0.25, -0.2) is 9.67 Å². The van der Waals surface area contributed by atoms with Crippen LogP contribution in [-0.4, -0.2) is 20.5 Å². The van der Waals surface area contributed by atoms with Crippen LogP contribution in [0.1, 0.15) is 25.6 Å². The maximum Gasteiger partial charge on any atom is 0.158 e. The smallest absolute Gasteiger partial charge is 0.158 e. The molecule has 1 aromatic carbocycles. The molecule has 19 heavy (non-hydrogen) atoms. The van der Waals surface area contributed by atoms with E-state index in [1.54, 1.807) is 4.68 Å². The molecule has 2 rings (SSSR count). The third-order valence-electron chi connectivity index (χ3n) is 2.93. The predicted octanol–water partition coefficient (Wildman–Crippen LogP) is 3.05. The van der Waals surface area contributed by atoms with Crippen molar-refractivity contribution in [2.75, 3.05) is 0 Å². The van der Waals surface area contributed by atoms with E-state index in [2.05, 4.69) is 10.1 Å². The lowest BCUT2D eigenvalue weighted by molar-refractivity contribution is -0.118. The fourth-order valence-electron chi connectivity index (χ4n) is 1.82. The van der Waals surface area contributed by atoms with Gasteiger partial charge in [0.25, 0.3) is 0 Å². The summed E-state index contributed by atoms with van der Waals surface area (Å²) in [6.07, 6.45) is 1.66. The topological polar surface area (TPSA) is 47.8 Å². The normalized spacial score (nSPS) is 10.7. The number of benzene rings is 1. The number of nitrogens with zero attached hydrogens (tertiary/aromatic N) is 3. The number of rotatable bonds is 5. The van der Waals surface area contributed by atoms with Crippen molar-refractivity contribution < 1.29 is 4.79 Å². The van der Waals surface area contributed by atoms with Gasteiger partial charge in [-0.2, -0.15) is 5.10 Å². The number of hydrogen-bond acceptors (Lipinski definition) is 3. The van der Waals surface area contributed by atoms with E-state index in [0.717, 1.165) is 11.4 Å². The number of Topliss-reactive ketones (excluding diaryl/α,β-unsaturated/α-hetero) is 1. The minimum Gasteiger partial charge on any atom is -0.300 e. The molecule has 0 aliphatic rings. The van der Waals surface area contributed by atoms with Crippen molar-refractivity contribution in [1.29, 1.82) is 0 Å². The molecule has 0 spiro atoms. The molecule has 0 unspecified atom stereocenters. The van der Waals surface area contributed by atoms with Gasteiger partial charge in [0.15, 0.2) is 11.6 Å². The van der Waals surface area contributed by atoms with Crippen molar-refractivity contribution in [3.8, 4) is 11.4 Å². The Hall–Kier alpha value is -1.68. The van der Waals surface area contributed by atoms with Gasteiger partial charge in [-0.3, -0.25) is 4.79 Å². The molecule has 5 heteroatoms. The first-order chi connectivity index (χ1) is 9.10. The van der Waals surface area contributed by atoms with Crippen LogP contribution in [0.4, 0.5) is 0 Å². The third-order valence-corrected chi connectivity index (χ3v) is 3.18. The summed E-state index contributed by atoms with van der Waals surface area (Å²) >= 11 is 5.86. The number of carbonyl (C=O) groups is 1. The van der Waals surface area contributed by atoms with Crippen molar-refractivity contribution in [2.24, 2.45) is 7.05 Å². The van der Waals surface area contributed by atoms with Crippen molar-refractivity contribution in [3.05, 3.63) is 35.1 Å². The van der Waals surface area contributed by atoms with Crippen LogP contribution in [0.3, 0.4) is 0 Å². The summed E-state index contributed by atoms with van der Waals surface area (Å²) in [5.74, 6) is 1.73. The van der Waals surface area contributed by atoms with Gasteiger partial charge in [-0.15, -0.1) is 0 Å². The second kappa shape index (κ2) is 5.97. The van der Waals surface area contributed by atoms with E-state index < -0.39 is 0 Å². The molecule has 2 aromatic rings. The Morgan fingerprint density at radius 2 is 2.00 bits per heavy atom. The first kappa shape index (κ1) is 13.7. The van der Waals surface area contributed by atoms with Gasteiger partial charge in [-0.1, -0.05) is 18.5 Å². The van der Waals surface area contributed by atoms with Gasteiger partial charge < -0.3 is 0 Å². The first-order valence-electron chi connectivity index (χ1n) is 6.27. The maximum atomic E-state index is 11.3. The van der Waals surface area contributed by atoms with Gasteiger partial charge in [-0.05, 0) is 24.3 Å². The van der Waals surface area contributed by atoms with Gasteiger partial charge in [0.2, 0.25) is 0 Å². The summed E-state index contributed by atoms with van der Waals surface area (Å²) in [6, 6.07) is 7.47. The first-order valence-corrected chi connectivity index (χ1v) is 6.65. The molecule has 1 heterocycles. The van der Waals surface area contributed by atoms with E-state index in [9.17, 15) is 4.79 Å². The molecule has 0 radical (unpaired) electrons. The van der Waals surface area contributed by atoms with Crippen molar-refractivity contribution in [2.45, 2.75) is 26.2 Å². The molecule has 0 N–H and O–H groups in total. The molecule has 4 nitrogen and oxygen atoms in total. The number of ketones is 1. The highest BCUT2D eigenvalue weighted by atomic mass is 35.5. The van der Waals surface area contributed by atoms with Gasteiger partial charge >= 0.3 is 0 Å². The Kier molecular flexibility index (Phi) is 4.32. The van der Waals surface area contributed by atoms with Crippen LogP contribution in [0.25, 0.3) is 11.4 Å². The Labute approximate surface area is 117 Å². The quantitative estimate of drug-likeness (QED) is 0.844. The number of aryl methyl sites for hydroxylation is 2. The lowest BCUT2D eigenvalue weighted by atomic mass is 10.2. The van der Waals surface area contributed by atoms with Crippen LogP contribution in [0, 0.1) is 0 Å². The van der Waals surface area contributed by atoms with Crippen LogP contribution in [0.5, 0.6) is 0 Å². The lowest BCUT2D eigenvalue weighted by Crippen LogP contribution is -1.99. The largest absolute Gasteiger partial charge is 0.300 e. The zero-order chi connectivity index (χ0) is 13.8. The van der Waals surface area contributed by atoms with Crippen molar-refractivity contribution in [1.82, 2.24) is 14.8 Å². The summed E-state index contributed by atoms with van der Waals surface area (Å²) < 4.78 is 1.73. The van der Waals surface area contributed by atoms with E-state index in [0.29, 0.717) is 30.1 Å². The SMILES string of the molecule is CCC(=O)CCc1nc(-c2ccc(Cl)cc2)n(C)n1. The molecular weight excluding hydrogens is 262 g/mol. The van der Waals surface area contributed by atoms with Crippen LogP contribution in [0.2, 0.25) is 5.02 Å². The molecule has 0 fully saturated rings. The fourth-order valence-corrected chi connectivity index (χ4v) is 1.95. The molecule has 100 valence electrons.